The second-order valence-corrected chi connectivity index (χ2v) is 6.16. The molecule has 0 atom stereocenters. The summed E-state index contributed by atoms with van der Waals surface area (Å²) in [4.78, 5) is 9.48. The zero-order chi connectivity index (χ0) is 15.4. The van der Waals surface area contributed by atoms with Gasteiger partial charge in [0.15, 0.2) is 0 Å². The molecule has 2 aromatic rings. The molecule has 1 aliphatic rings. The van der Waals surface area contributed by atoms with Crippen molar-refractivity contribution in [3.8, 4) is 11.1 Å². The van der Waals surface area contributed by atoms with Gasteiger partial charge in [-0.15, -0.1) is 0 Å². The van der Waals surface area contributed by atoms with Crippen LogP contribution in [0.2, 0.25) is 0 Å². The van der Waals surface area contributed by atoms with Crippen LogP contribution in [0.25, 0.3) is 11.1 Å². The van der Waals surface area contributed by atoms with Gasteiger partial charge in [0.25, 0.3) is 0 Å². The van der Waals surface area contributed by atoms with Gasteiger partial charge in [-0.1, -0.05) is 36.8 Å². The van der Waals surface area contributed by atoms with Gasteiger partial charge >= 0.3 is 0 Å². The highest BCUT2D eigenvalue weighted by atomic mass is 15.3. The lowest BCUT2D eigenvalue weighted by Crippen LogP contribution is -2.45. The SMILES string of the molecule is CCN1CCN(Cc2cncc(-c3ccc(C)cc3)c2)CC1. The molecule has 3 nitrogen and oxygen atoms in total. The van der Waals surface area contributed by atoms with Crippen molar-refractivity contribution in [3.63, 3.8) is 0 Å². The van der Waals surface area contributed by atoms with Gasteiger partial charge in [-0.25, -0.2) is 0 Å². The molecule has 0 spiro atoms. The van der Waals surface area contributed by atoms with Crippen LogP contribution in [-0.2, 0) is 6.54 Å². The number of pyridine rings is 1. The molecule has 0 aliphatic carbocycles. The van der Waals surface area contributed by atoms with E-state index in [1.807, 2.05) is 12.4 Å². The summed E-state index contributed by atoms with van der Waals surface area (Å²) in [6.07, 6.45) is 3.97. The average molecular weight is 295 g/mol. The van der Waals surface area contributed by atoms with Crippen molar-refractivity contribution in [1.82, 2.24) is 14.8 Å². The summed E-state index contributed by atoms with van der Waals surface area (Å²) < 4.78 is 0. The zero-order valence-corrected chi connectivity index (χ0v) is 13.6. The molecular formula is C19H25N3. The Bertz CT molecular complexity index is 598. The monoisotopic (exact) mass is 295 g/mol. The summed E-state index contributed by atoms with van der Waals surface area (Å²) in [5, 5.41) is 0. The fourth-order valence-electron chi connectivity index (χ4n) is 3.00. The second-order valence-electron chi connectivity index (χ2n) is 6.16. The minimum Gasteiger partial charge on any atom is -0.301 e. The molecule has 1 aliphatic heterocycles. The van der Waals surface area contributed by atoms with E-state index in [-0.39, 0.29) is 0 Å². The van der Waals surface area contributed by atoms with E-state index in [2.05, 4.69) is 59.0 Å². The van der Waals surface area contributed by atoms with E-state index < -0.39 is 0 Å². The van der Waals surface area contributed by atoms with E-state index in [1.165, 1.54) is 35.3 Å². The van der Waals surface area contributed by atoms with Crippen LogP contribution in [0.5, 0.6) is 0 Å². The van der Waals surface area contributed by atoms with Gasteiger partial charge in [-0.05, 0) is 30.7 Å². The maximum Gasteiger partial charge on any atom is 0.0346 e. The molecule has 1 aromatic heterocycles. The maximum atomic E-state index is 4.44. The molecule has 0 amide bonds. The summed E-state index contributed by atoms with van der Waals surface area (Å²) in [5.74, 6) is 0. The van der Waals surface area contributed by atoms with Gasteiger partial charge in [0, 0.05) is 50.7 Å². The molecule has 1 aromatic carbocycles. The highest BCUT2D eigenvalue weighted by Gasteiger charge is 2.15. The van der Waals surface area contributed by atoms with Gasteiger partial charge < -0.3 is 4.90 Å². The van der Waals surface area contributed by atoms with Crippen molar-refractivity contribution in [3.05, 3.63) is 53.9 Å². The fourth-order valence-corrected chi connectivity index (χ4v) is 3.00. The number of piperazine rings is 1. The second kappa shape index (κ2) is 7.03. The van der Waals surface area contributed by atoms with E-state index in [0.717, 1.165) is 26.2 Å². The lowest BCUT2D eigenvalue weighted by molar-refractivity contribution is 0.132. The van der Waals surface area contributed by atoms with Gasteiger partial charge in [0.05, 0.1) is 0 Å². The van der Waals surface area contributed by atoms with Gasteiger partial charge in [0.2, 0.25) is 0 Å². The molecule has 0 saturated carbocycles. The standard InChI is InChI=1S/C19H25N3/c1-3-21-8-10-22(11-9-21)15-17-12-19(14-20-13-17)18-6-4-16(2)5-7-18/h4-7,12-14H,3,8-11,15H2,1-2H3. The summed E-state index contributed by atoms with van der Waals surface area (Å²) in [6.45, 7) is 11.2. The van der Waals surface area contributed by atoms with Crippen molar-refractivity contribution < 1.29 is 0 Å². The number of hydrogen-bond donors (Lipinski definition) is 0. The summed E-state index contributed by atoms with van der Waals surface area (Å²) in [5.41, 5.74) is 5.06. The zero-order valence-electron chi connectivity index (χ0n) is 13.6. The minimum atomic E-state index is 1.00. The molecule has 3 heteroatoms. The summed E-state index contributed by atoms with van der Waals surface area (Å²) in [6, 6.07) is 11.0. The Balaban J connectivity index is 1.68. The van der Waals surface area contributed by atoms with Crippen molar-refractivity contribution in [2.45, 2.75) is 20.4 Å². The Morgan fingerprint density at radius 1 is 0.909 bits per heavy atom. The Kier molecular flexibility index (Phi) is 4.86. The number of benzene rings is 1. The first-order valence-corrected chi connectivity index (χ1v) is 8.20. The first-order valence-electron chi connectivity index (χ1n) is 8.20. The van der Waals surface area contributed by atoms with E-state index in [1.54, 1.807) is 0 Å². The van der Waals surface area contributed by atoms with Crippen LogP contribution in [-0.4, -0.2) is 47.5 Å². The normalized spacial score (nSPS) is 16.8. The quantitative estimate of drug-likeness (QED) is 0.863. The Morgan fingerprint density at radius 2 is 1.59 bits per heavy atom. The van der Waals surface area contributed by atoms with Crippen molar-refractivity contribution >= 4 is 0 Å². The van der Waals surface area contributed by atoms with E-state index in [0.29, 0.717) is 0 Å². The van der Waals surface area contributed by atoms with E-state index >= 15 is 0 Å². The lowest BCUT2D eigenvalue weighted by atomic mass is 10.0. The highest BCUT2D eigenvalue weighted by molar-refractivity contribution is 5.63. The topological polar surface area (TPSA) is 19.4 Å². The smallest absolute Gasteiger partial charge is 0.0346 e. The Labute approximate surface area is 133 Å². The maximum absolute atomic E-state index is 4.44. The predicted molar refractivity (Wildman–Crippen MR) is 91.8 cm³/mol. The number of likely N-dealkylation sites (N-methyl/N-ethyl adjacent to an activating group) is 1. The molecule has 1 fully saturated rings. The lowest BCUT2D eigenvalue weighted by Gasteiger charge is -2.34. The first-order chi connectivity index (χ1) is 10.7. The molecule has 0 N–H and O–H groups in total. The highest BCUT2D eigenvalue weighted by Crippen LogP contribution is 2.20. The molecule has 3 rings (SSSR count). The number of aromatic nitrogens is 1. The molecular weight excluding hydrogens is 270 g/mol. The molecule has 2 heterocycles. The van der Waals surface area contributed by atoms with Crippen LogP contribution >= 0.6 is 0 Å². The summed E-state index contributed by atoms with van der Waals surface area (Å²) in [7, 11) is 0. The van der Waals surface area contributed by atoms with Crippen molar-refractivity contribution in [1.29, 1.82) is 0 Å². The van der Waals surface area contributed by atoms with Crippen LogP contribution in [0.4, 0.5) is 0 Å². The Hall–Kier alpha value is -1.71. The third kappa shape index (κ3) is 3.73. The van der Waals surface area contributed by atoms with Crippen LogP contribution in [0.1, 0.15) is 18.1 Å². The predicted octanol–water partition coefficient (Wildman–Crippen LogP) is 3.19. The van der Waals surface area contributed by atoms with Crippen LogP contribution in [0.15, 0.2) is 42.7 Å². The Morgan fingerprint density at radius 3 is 2.27 bits per heavy atom. The molecule has 1 saturated heterocycles. The van der Waals surface area contributed by atoms with Crippen molar-refractivity contribution in [2.75, 3.05) is 32.7 Å². The molecule has 0 unspecified atom stereocenters. The van der Waals surface area contributed by atoms with E-state index in [4.69, 9.17) is 0 Å². The molecule has 116 valence electrons. The number of aryl methyl sites for hydroxylation is 1. The third-order valence-electron chi connectivity index (χ3n) is 4.50. The van der Waals surface area contributed by atoms with Gasteiger partial charge in [-0.3, -0.25) is 9.88 Å². The fraction of sp³-hybridized carbons (Fsp3) is 0.421. The first kappa shape index (κ1) is 15.2. The third-order valence-corrected chi connectivity index (χ3v) is 4.50. The van der Waals surface area contributed by atoms with Crippen LogP contribution in [0, 0.1) is 6.92 Å². The summed E-state index contributed by atoms with van der Waals surface area (Å²) >= 11 is 0. The minimum absolute atomic E-state index is 1.00. The molecule has 0 bridgehead atoms. The molecule has 0 radical (unpaired) electrons. The number of hydrogen-bond acceptors (Lipinski definition) is 3. The largest absolute Gasteiger partial charge is 0.301 e. The van der Waals surface area contributed by atoms with Gasteiger partial charge in [-0.2, -0.15) is 0 Å². The van der Waals surface area contributed by atoms with Gasteiger partial charge in [0.1, 0.15) is 0 Å². The average Bonchev–Trinajstić information content (AvgIpc) is 2.56. The van der Waals surface area contributed by atoms with Crippen LogP contribution < -0.4 is 0 Å². The van der Waals surface area contributed by atoms with Crippen molar-refractivity contribution in [2.24, 2.45) is 0 Å². The number of nitrogens with zero attached hydrogens (tertiary/aromatic N) is 3. The number of rotatable bonds is 4. The van der Waals surface area contributed by atoms with E-state index in [9.17, 15) is 0 Å². The molecule has 22 heavy (non-hydrogen) atoms. The van der Waals surface area contributed by atoms with Crippen LogP contribution in [0.3, 0.4) is 0 Å².